The molecule has 3 aromatic heterocycles. The third-order valence-corrected chi connectivity index (χ3v) is 5.38. The van der Waals surface area contributed by atoms with Crippen molar-refractivity contribution in [3.63, 3.8) is 0 Å². The molecule has 4 heterocycles. The molecule has 0 fully saturated rings. The van der Waals surface area contributed by atoms with Gasteiger partial charge in [-0.05, 0) is 24.3 Å². The van der Waals surface area contributed by atoms with Crippen LogP contribution in [0.4, 0.5) is 15.6 Å². The summed E-state index contributed by atoms with van der Waals surface area (Å²) in [5, 5.41) is 5.44. The lowest BCUT2D eigenvalue weighted by Crippen LogP contribution is -2.39. The Hall–Kier alpha value is -1.85. The third-order valence-electron chi connectivity index (χ3n) is 3.12. The molecule has 0 bridgehead atoms. The minimum absolute atomic E-state index is 0.338. The summed E-state index contributed by atoms with van der Waals surface area (Å²) in [5.74, 6) is 0. The molecular formula is C13H8Cl2N6O2S2. The number of hydrogen-bond donors (Lipinski definition) is 2. The van der Waals surface area contributed by atoms with E-state index in [1.165, 1.54) is 28.2 Å². The SMILES string of the molecule is NC1Sc2nc(Cl)ccc2N1OC(=O)Nc1nc2ccc(Cl)nc2s1. The minimum Gasteiger partial charge on any atom is -0.319 e. The zero-order valence-electron chi connectivity index (χ0n) is 12.1. The topological polar surface area (TPSA) is 106 Å². The predicted octanol–water partition coefficient (Wildman–Crippen LogP) is 3.71. The summed E-state index contributed by atoms with van der Waals surface area (Å²) in [7, 11) is 0. The van der Waals surface area contributed by atoms with E-state index >= 15 is 0 Å². The fraction of sp³-hybridized carbons (Fsp3) is 0.0769. The molecule has 0 radical (unpaired) electrons. The number of thioether (sulfide) groups is 1. The van der Waals surface area contributed by atoms with Crippen LogP contribution in [0.1, 0.15) is 0 Å². The molecule has 128 valence electrons. The Morgan fingerprint density at radius 2 is 1.96 bits per heavy atom. The van der Waals surface area contributed by atoms with Crippen molar-refractivity contribution in [2.45, 2.75) is 10.5 Å². The lowest BCUT2D eigenvalue weighted by Gasteiger charge is -2.20. The average molecular weight is 415 g/mol. The molecule has 1 amide bonds. The van der Waals surface area contributed by atoms with Gasteiger partial charge in [-0.25, -0.2) is 19.7 Å². The summed E-state index contributed by atoms with van der Waals surface area (Å²) in [6.07, 6.45) is -0.732. The van der Waals surface area contributed by atoms with E-state index in [0.29, 0.717) is 36.5 Å². The fourth-order valence-electron chi connectivity index (χ4n) is 2.11. The number of hydrogen-bond acceptors (Lipinski definition) is 9. The third kappa shape index (κ3) is 3.31. The number of anilines is 2. The Morgan fingerprint density at radius 3 is 2.80 bits per heavy atom. The molecule has 0 saturated carbocycles. The smallest absolute Gasteiger partial charge is 0.319 e. The van der Waals surface area contributed by atoms with Crippen molar-refractivity contribution in [1.82, 2.24) is 15.0 Å². The highest BCUT2D eigenvalue weighted by Gasteiger charge is 2.32. The second-order valence-corrected chi connectivity index (χ2v) is 7.63. The summed E-state index contributed by atoms with van der Waals surface area (Å²) in [6.45, 7) is 0. The van der Waals surface area contributed by atoms with E-state index in [1.807, 2.05) is 0 Å². The molecule has 1 atom stereocenters. The average Bonchev–Trinajstić information content (AvgIpc) is 3.07. The lowest BCUT2D eigenvalue weighted by atomic mass is 10.4. The van der Waals surface area contributed by atoms with Crippen LogP contribution in [-0.2, 0) is 4.84 Å². The molecule has 1 aliphatic heterocycles. The van der Waals surface area contributed by atoms with Crippen LogP contribution in [0.15, 0.2) is 29.3 Å². The number of nitrogens with two attached hydrogens (primary N) is 1. The number of carbonyl (C=O) groups is 1. The van der Waals surface area contributed by atoms with Gasteiger partial charge in [0.2, 0.25) is 0 Å². The van der Waals surface area contributed by atoms with Crippen molar-refractivity contribution in [2.75, 3.05) is 10.4 Å². The van der Waals surface area contributed by atoms with Crippen LogP contribution in [0, 0.1) is 0 Å². The fourth-order valence-corrected chi connectivity index (χ4v) is 4.24. The van der Waals surface area contributed by atoms with Gasteiger partial charge < -0.3 is 4.84 Å². The molecule has 1 unspecified atom stereocenters. The van der Waals surface area contributed by atoms with Gasteiger partial charge >= 0.3 is 6.09 Å². The van der Waals surface area contributed by atoms with E-state index in [-0.39, 0.29) is 0 Å². The first kappa shape index (κ1) is 16.6. The van der Waals surface area contributed by atoms with Crippen molar-refractivity contribution in [1.29, 1.82) is 0 Å². The molecule has 0 saturated heterocycles. The van der Waals surface area contributed by atoms with E-state index in [1.54, 1.807) is 24.3 Å². The molecule has 0 aliphatic carbocycles. The number of pyridine rings is 2. The van der Waals surface area contributed by atoms with E-state index in [9.17, 15) is 4.79 Å². The molecule has 0 aromatic carbocycles. The van der Waals surface area contributed by atoms with Crippen molar-refractivity contribution in [3.8, 4) is 0 Å². The van der Waals surface area contributed by atoms with Crippen LogP contribution in [0.5, 0.6) is 0 Å². The standard InChI is InChI=1S/C13H8Cl2N6O2S2/c14-7-3-1-5-9(18-7)25-12(17-5)20-13(22)23-21-6-2-4-8(15)19-10(6)24-11(21)16/h1-4,11H,16H2,(H,17,20,22). The van der Waals surface area contributed by atoms with Crippen molar-refractivity contribution in [3.05, 3.63) is 34.6 Å². The Balaban J connectivity index is 1.50. The second kappa shape index (κ2) is 6.46. The van der Waals surface area contributed by atoms with E-state index in [0.717, 1.165) is 0 Å². The Labute approximate surface area is 159 Å². The zero-order valence-corrected chi connectivity index (χ0v) is 15.3. The summed E-state index contributed by atoms with van der Waals surface area (Å²) in [4.78, 5) is 30.6. The molecule has 3 aromatic rings. The van der Waals surface area contributed by atoms with Crippen molar-refractivity contribution < 1.29 is 9.63 Å². The number of thiazole rings is 1. The number of rotatable bonds is 2. The van der Waals surface area contributed by atoms with Crippen LogP contribution in [-0.4, -0.2) is 26.5 Å². The number of nitrogens with zero attached hydrogens (tertiary/aromatic N) is 4. The van der Waals surface area contributed by atoms with E-state index in [2.05, 4.69) is 20.3 Å². The molecule has 3 N–H and O–H groups in total. The molecule has 0 spiro atoms. The number of fused-ring (bicyclic) bond motifs is 2. The number of hydroxylamine groups is 1. The van der Waals surface area contributed by atoms with E-state index < -0.39 is 11.6 Å². The number of aromatic nitrogens is 3. The van der Waals surface area contributed by atoms with Crippen LogP contribution < -0.4 is 16.1 Å². The molecule has 12 heteroatoms. The maximum Gasteiger partial charge on any atom is 0.438 e. The summed E-state index contributed by atoms with van der Waals surface area (Å²) < 4.78 is 0. The Bertz CT molecular complexity index is 984. The molecular weight excluding hydrogens is 407 g/mol. The zero-order chi connectivity index (χ0) is 17.6. The number of carbonyl (C=O) groups excluding carboxylic acids is 1. The first-order valence-corrected chi connectivity index (χ1v) is 9.25. The molecule has 8 nitrogen and oxygen atoms in total. The summed E-state index contributed by atoms with van der Waals surface area (Å²) >= 11 is 14.1. The van der Waals surface area contributed by atoms with Crippen LogP contribution in [0.25, 0.3) is 10.3 Å². The maximum atomic E-state index is 12.2. The monoisotopic (exact) mass is 414 g/mol. The molecule has 4 rings (SSSR count). The predicted molar refractivity (Wildman–Crippen MR) is 98.1 cm³/mol. The normalized spacial score (nSPS) is 16.1. The first-order chi connectivity index (χ1) is 12.0. The number of amides is 1. The first-order valence-electron chi connectivity index (χ1n) is 6.80. The highest BCUT2D eigenvalue weighted by Crippen LogP contribution is 2.40. The van der Waals surface area contributed by atoms with Crippen LogP contribution in [0.2, 0.25) is 10.3 Å². The largest absolute Gasteiger partial charge is 0.438 e. The van der Waals surface area contributed by atoms with Gasteiger partial charge in [-0.1, -0.05) is 46.3 Å². The van der Waals surface area contributed by atoms with Gasteiger partial charge in [0.15, 0.2) is 10.6 Å². The highest BCUT2D eigenvalue weighted by atomic mass is 35.5. The number of nitrogens with one attached hydrogen (secondary N) is 1. The van der Waals surface area contributed by atoms with Crippen molar-refractivity contribution in [2.24, 2.45) is 5.73 Å². The van der Waals surface area contributed by atoms with Crippen LogP contribution in [0.3, 0.4) is 0 Å². The van der Waals surface area contributed by atoms with Gasteiger partial charge in [0.25, 0.3) is 0 Å². The van der Waals surface area contributed by atoms with Gasteiger partial charge in [0.1, 0.15) is 31.4 Å². The minimum atomic E-state index is -0.732. The summed E-state index contributed by atoms with van der Waals surface area (Å²) in [6, 6.07) is 6.62. The van der Waals surface area contributed by atoms with Crippen LogP contribution >= 0.6 is 46.3 Å². The van der Waals surface area contributed by atoms with E-state index in [4.69, 9.17) is 33.8 Å². The lowest BCUT2D eigenvalue weighted by molar-refractivity contribution is 0.145. The quantitative estimate of drug-likeness (QED) is 0.611. The molecule has 1 aliphatic rings. The van der Waals surface area contributed by atoms with Crippen molar-refractivity contribution >= 4 is 73.6 Å². The van der Waals surface area contributed by atoms with Gasteiger partial charge in [-0.15, -0.1) is 0 Å². The van der Waals surface area contributed by atoms with Gasteiger partial charge in [0.05, 0.1) is 0 Å². The van der Waals surface area contributed by atoms with Gasteiger partial charge in [-0.2, -0.15) is 5.06 Å². The Morgan fingerprint density at radius 1 is 1.20 bits per heavy atom. The van der Waals surface area contributed by atoms with Gasteiger partial charge in [-0.3, -0.25) is 11.1 Å². The Kier molecular flexibility index (Phi) is 4.29. The molecule has 25 heavy (non-hydrogen) atoms. The maximum absolute atomic E-state index is 12.2. The summed E-state index contributed by atoms with van der Waals surface area (Å²) in [5.41, 5.74) is 6.53. The highest BCUT2D eigenvalue weighted by molar-refractivity contribution is 8.00. The second-order valence-electron chi connectivity index (χ2n) is 4.77. The number of halogens is 2. The van der Waals surface area contributed by atoms with Gasteiger partial charge in [0, 0.05) is 0 Å².